The van der Waals surface area contributed by atoms with Crippen molar-refractivity contribution in [3.05, 3.63) is 47.5 Å². The van der Waals surface area contributed by atoms with Crippen LogP contribution in [-0.2, 0) is 13.0 Å². The normalized spacial score (nSPS) is 16.9. The summed E-state index contributed by atoms with van der Waals surface area (Å²) in [4.78, 5) is 16.6. The van der Waals surface area contributed by atoms with Crippen molar-refractivity contribution >= 4 is 5.91 Å². The van der Waals surface area contributed by atoms with Crippen LogP contribution in [-0.4, -0.2) is 27.2 Å². The molecule has 0 aliphatic heterocycles. The predicted octanol–water partition coefficient (Wildman–Crippen LogP) is 0.654. The van der Waals surface area contributed by atoms with E-state index in [2.05, 4.69) is 21.5 Å². The smallest absolute Gasteiger partial charge is 0.255 e. The lowest BCUT2D eigenvalue weighted by Crippen LogP contribution is -2.27. The summed E-state index contributed by atoms with van der Waals surface area (Å²) in [5.74, 6) is -0.114. The van der Waals surface area contributed by atoms with E-state index in [0.717, 1.165) is 18.5 Å². The molecule has 0 saturated carbocycles. The highest BCUT2D eigenvalue weighted by atomic mass is 16.1. The maximum Gasteiger partial charge on any atom is 0.255 e. The van der Waals surface area contributed by atoms with Gasteiger partial charge in [0.15, 0.2) is 0 Å². The maximum absolute atomic E-state index is 12.2. The van der Waals surface area contributed by atoms with Gasteiger partial charge in [-0.15, -0.1) is 0 Å². The van der Waals surface area contributed by atoms with Crippen LogP contribution in [0.2, 0.25) is 0 Å². The lowest BCUT2D eigenvalue weighted by molar-refractivity contribution is 0.0936. The Morgan fingerprint density at radius 3 is 3.30 bits per heavy atom. The number of rotatable bonds is 4. The first-order valence-corrected chi connectivity index (χ1v) is 6.75. The van der Waals surface area contributed by atoms with Crippen LogP contribution in [0.25, 0.3) is 0 Å². The molecule has 3 rings (SSSR count). The number of aryl methyl sites for hydroxylation is 1. The molecule has 1 aliphatic rings. The van der Waals surface area contributed by atoms with Gasteiger partial charge in [-0.25, -0.2) is 0 Å². The molecule has 6 nitrogen and oxygen atoms in total. The van der Waals surface area contributed by atoms with Gasteiger partial charge in [0.1, 0.15) is 0 Å². The number of fused-ring (bicyclic) bond motifs is 1. The Hall–Kier alpha value is -2.21. The molecule has 104 valence electrons. The standard InChI is InChI=1S/C14H17N5O/c15-5-7-19-9-11(8-17-19)14(20)18-12-4-3-10-2-1-6-16-13(10)12/h1-2,6,8-9,12H,3-5,7,15H2,(H,18,20). The van der Waals surface area contributed by atoms with Crippen molar-refractivity contribution in [1.29, 1.82) is 0 Å². The summed E-state index contributed by atoms with van der Waals surface area (Å²) in [7, 11) is 0. The Morgan fingerprint density at radius 1 is 1.55 bits per heavy atom. The molecule has 1 amide bonds. The number of nitrogens with two attached hydrogens (primary N) is 1. The van der Waals surface area contributed by atoms with E-state index >= 15 is 0 Å². The summed E-state index contributed by atoms with van der Waals surface area (Å²) in [5, 5.41) is 7.13. The Balaban J connectivity index is 1.70. The van der Waals surface area contributed by atoms with Gasteiger partial charge in [0.05, 0.1) is 30.0 Å². The molecule has 0 aromatic carbocycles. The van der Waals surface area contributed by atoms with E-state index < -0.39 is 0 Å². The molecule has 0 fully saturated rings. The molecule has 2 heterocycles. The van der Waals surface area contributed by atoms with Crippen molar-refractivity contribution in [2.75, 3.05) is 6.54 Å². The summed E-state index contributed by atoms with van der Waals surface area (Å²) in [6, 6.07) is 3.99. The third-order valence-corrected chi connectivity index (χ3v) is 3.52. The second-order valence-corrected chi connectivity index (χ2v) is 4.89. The first-order chi connectivity index (χ1) is 9.78. The first kappa shape index (κ1) is 12.8. The topological polar surface area (TPSA) is 85.8 Å². The van der Waals surface area contributed by atoms with E-state index in [0.29, 0.717) is 18.7 Å². The Labute approximate surface area is 117 Å². The van der Waals surface area contributed by atoms with Gasteiger partial charge in [0, 0.05) is 18.9 Å². The highest BCUT2D eigenvalue weighted by Crippen LogP contribution is 2.28. The number of hydrogen-bond donors (Lipinski definition) is 2. The van der Waals surface area contributed by atoms with E-state index in [1.54, 1.807) is 23.3 Å². The quantitative estimate of drug-likeness (QED) is 0.855. The fourth-order valence-corrected chi connectivity index (χ4v) is 2.53. The van der Waals surface area contributed by atoms with Crippen LogP contribution in [0.1, 0.15) is 34.1 Å². The van der Waals surface area contributed by atoms with Crippen LogP contribution in [0.15, 0.2) is 30.7 Å². The summed E-state index contributed by atoms with van der Waals surface area (Å²) < 4.78 is 1.68. The van der Waals surface area contributed by atoms with Crippen LogP contribution < -0.4 is 11.1 Å². The zero-order valence-corrected chi connectivity index (χ0v) is 11.1. The molecule has 1 unspecified atom stereocenters. The van der Waals surface area contributed by atoms with Gasteiger partial charge in [-0.1, -0.05) is 6.07 Å². The molecular weight excluding hydrogens is 254 g/mol. The molecule has 1 aliphatic carbocycles. The Morgan fingerprint density at radius 2 is 2.45 bits per heavy atom. The van der Waals surface area contributed by atoms with Gasteiger partial charge < -0.3 is 11.1 Å². The minimum Gasteiger partial charge on any atom is -0.344 e. The summed E-state index contributed by atoms with van der Waals surface area (Å²) in [6.07, 6.45) is 6.91. The average Bonchev–Trinajstić information content (AvgIpc) is 3.07. The molecule has 3 N–H and O–H groups in total. The van der Waals surface area contributed by atoms with Gasteiger partial charge in [-0.2, -0.15) is 5.10 Å². The minimum atomic E-state index is -0.114. The van der Waals surface area contributed by atoms with E-state index in [9.17, 15) is 4.79 Å². The second kappa shape index (κ2) is 5.42. The van der Waals surface area contributed by atoms with Crippen LogP contribution in [0, 0.1) is 0 Å². The second-order valence-electron chi connectivity index (χ2n) is 4.89. The lowest BCUT2D eigenvalue weighted by Gasteiger charge is -2.12. The average molecular weight is 271 g/mol. The molecule has 2 aromatic rings. The molecule has 0 bridgehead atoms. The molecule has 1 atom stereocenters. The van der Waals surface area contributed by atoms with Crippen molar-refractivity contribution < 1.29 is 4.79 Å². The van der Waals surface area contributed by atoms with Crippen molar-refractivity contribution in [1.82, 2.24) is 20.1 Å². The Bertz CT molecular complexity index is 622. The molecule has 2 aromatic heterocycles. The van der Waals surface area contributed by atoms with Crippen molar-refractivity contribution in [3.63, 3.8) is 0 Å². The maximum atomic E-state index is 12.2. The summed E-state index contributed by atoms with van der Waals surface area (Å²) in [5.41, 5.74) is 8.22. The van der Waals surface area contributed by atoms with Gasteiger partial charge in [0.2, 0.25) is 0 Å². The third kappa shape index (κ3) is 2.42. The van der Waals surface area contributed by atoms with Gasteiger partial charge in [-0.3, -0.25) is 14.5 Å². The van der Waals surface area contributed by atoms with E-state index in [4.69, 9.17) is 5.73 Å². The number of amides is 1. The predicted molar refractivity (Wildman–Crippen MR) is 74.0 cm³/mol. The number of nitrogens with zero attached hydrogens (tertiary/aromatic N) is 3. The van der Waals surface area contributed by atoms with Gasteiger partial charge >= 0.3 is 0 Å². The van der Waals surface area contributed by atoms with E-state index in [1.807, 2.05) is 6.07 Å². The van der Waals surface area contributed by atoms with Crippen LogP contribution in [0.4, 0.5) is 0 Å². The lowest BCUT2D eigenvalue weighted by atomic mass is 10.2. The molecular formula is C14H17N5O. The fraction of sp³-hybridized carbons (Fsp3) is 0.357. The zero-order chi connectivity index (χ0) is 13.9. The SMILES string of the molecule is NCCn1cc(C(=O)NC2CCc3cccnc32)cn1. The number of hydrogen-bond acceptors (Lipinski definition) is 4. The fourth-order valence-electron chi connectivity index (χ4n) is 2.53. The minimum absolute atomic E-state index is 0.00319. The Kier molecular flexibility index (Phi) is 3.47. The molecule has 0 saturated heterocycles. The third-order valence-electron chi connectivity index (χ3n) is 3.52. The zero-order valence-electron chi connectivity index (χ0n) is 11.1. The summed E-state index contributed by atoms with van der Waals surface area (Å²) in [6.45, 7) is 1.11. The van der Waals surface area contributed by atoms with Crippen LogP contribution in [0.3, 0.4) is 0 Å². The number of aromatic nitrogens is 3. The molecule has 0 radical (unpaired) electrons. The number of carbonyl (C=O) groups excluding carboxylic acids is 1. The van der Waals surface area contributed by atoms with Gasteiger partial charge in [0.25, 0.3) is 5.91 Å². The molecule has 0 spiro atoms. The number of carbonyl (C=O) groups is 1. The highest BCUT2D eigenvalue weighted by Gasteiger charge is 2.25. The van der Waals surface area contributed by atoms with E-state index in [1.165, 1.54) is 5.56 Å². The van der Waals surface area contributed by atoms with Crippen molar-refractivity contribution in [2.45, 2.75) is 25.4 Å². The monoisotopic (exact) mass is 271 g/mol. The highest BCUT2D eigenvalue weighted by molar-refractivity contribution is 5.94. The molecule has 6 heteroatoms. The van der Waals surface area contributed by atoms with E-state index in [-0.39, 0.29) is 11.9 Å². The van der Waals surface area contributed by atoms with Crippen LogP contribution in [0.5, 0.6) is 0 Å². The number of pyridine rings is 1. The summed E-state index contributed by atoms with van der Waals surface area (Å²) >= 11 is 0. The van der Waals surface area contributed by atoms with Crippen LogP contribution >= 0.6 is 0 Å². The van der Waals surface area contributed by atoms with Gasteiger partial charge in [-0.05, 0) is 24.5 Å². The molecule has 20 heavy (non-hydrogen) atoms. The largest absolute Gasteiger partial charge is 0.344 e. The van der Waals surface area contributed by atoms with Crippen molar-refractivity contribution in [3.8, 4) is 0 Å². The first-order valence-electron chi connectivity index (χ1n) is 6.75. The number of nitrogens with one attached hydrogen (secondary N) is 1. The van der Waals surface area contributed by atoms with Crippen molar-refractivity contribution in [2.24, 2.45) is 5.73 Å².